The van der Waals surface area contributed by atoms with Gasteiger partial charge in [-0.1, -0.05) is 73.2 Å². The molecular weight excluding hydrogens is 432 g/mol. The van der Waals surface area contributed by atoms with E-state index in [1.165, 1.54) is 3.97 Å². The van der Waals surface area contributed by atoms with Crippen LogP contribution in [0, 0.1) is 12.8 Å². The minimum atomic E-state index is -3.81. The van der Waals surface area contributed by atoms with Crippen molar-refractivity contribution in [1.29, 1.82) is 0 Å². The smallest absolute Gasteiger partial charge is 0.268 e. The largest absolute Gasteiger partial charge is 0.356 e. The van der Waals surface area contributed by atoms with E-state index in [4.69, 9.17) is 0 Å². The lowest BCUT2D eigenvalue weighted by atomic mass is 10.0. The molecule has 0 saturated carbocycles. The van der Waals surface area contributed by atoms with E-state index in [0.717, 1.165) is 22.9 Å². The number of hydrogen-bond donors (Lipinski definition) is 1. The van der Waals surface area contributed by atoms with Crippen LogP contribution in [-0.2, 0) is 27.7 Å². The van der Waals surface area contributed by atoms with E-state index in [2.05, 4.69) is 5.32 Å². The van der Waals surface area contributed by atoms with Gasteiger partial charge in [-0.05, 0) is 43.2 Å². The summed E-state index contributed by atoms with van der Waals surface area (Å²) in [5.74, 6) is -0.465. The third-order valence-corrected chi connectivity index (χ3v) is 7.60. The summed E-state index contributed by atoms with van der Waals surface area (Å²) in [5, 5.41) is 3.82. The molecule has 1 N–H and O–H groups in total. The second-order valence-electron chi connectivity index (χ2n) is 8.41. The van der Waals surface area contributed by atoms with Crippen molar-refractivity contribution in [3.05, 3.63) is 102 Å². The molecule has 0 fully saturated rings. The Morgan fingerprint density at radius 3 is 2.33 bits per heavy atom. The van der Waals surface area contributed by atoms with Gasteiger partial charge in [0, 0.05) is 30.0 Å². The van der Waals surface area contributed by atoms with Crippen molar-refractivity contribution >= 4 is 26.8 Å². The summed E-state index contributed by atoms with van der Waals surface area (Å²) >= 11 is 0. The molecular formula is C27H28N2O3S. The van der Waals surface area contributed by atoms with E-state index >= 15 is 0 Å². The second-order valence-corrected chi connectivity index (χ2v) is 10.2. The number of carbonyl (C=O) groups is 1. The minimum absolute atomic E-state index is 0.0875. The zero-order valence-corrected chi connectivity index (χ0v) is 19.7. The lowest BCUT2D eigenvalue weighted by Crippen LogP contribution is -2.32. The second kappa shape index (κ2) is 9.63. The third-order valence-electron chi connectivity index (χ3n) is 5.82. The number of hydrogen-bond acceptors (Lipinski definition) is 3. The molecule has 5 nitrogen and oxygen atoms in total. The Morgan fingerprint density at radius 2 is 1.61 bits per heavy atom. The predicted octanol–water partition coefficient (Wildman–Crippen LogP) is 4.72. The Hall–Kier alpha value is -3.38. The van der Waals surface area contributed by atoms with Crippen molar-refractivity contribution in [2.45, 2.75) is 31.6 Å². The fourth-order valence-electron chi connectivity index (χ4n) is 3.98. The fraction of sp³-hybridized carbons (Fsp3) is 0.222. The van der Waals surface area contributed by atoms with Gasteiger partial charge in [-0.3, -0.25) is 4.79 Å². The standard InChI is InChI=1S/C27H28N2O3S/c1-20-12-14-25(15-13-20)33(31,32)29-24(19-23-10-6-7-11-26(23)29)18-21(2)27(30)28-17-16-22-8-4-3-5-9-22/h3-15,19,21H,16-18H2,1-2H3,(H,28,30). The van der Waals surface area contributed by atoms with Crippen molar-refractivity contribution in [3.8, 4) is 0 Å². The molecule has 0 aliphatic carbocycles. The minimum Gasteiger partial charge on any atom is -0.356 e. The summed E-state index contributed by atoms with van der Waals surface area (Å²) in [5.41, 5.74) is 3.37. The molecule has 33 heavy (non-hydrogen) atoms. The van der Waals surface area contributed by atoms with Gasteiger partial charge in [-0.15, -0.1) is 0 Å². The summed E-state index contributed by atoms with van der Waals surface area (Å²) in [4.78, 5) is 13.0. The molecule has 4 rings (SSSR count). The topological polar surface area (TPSA) is 68.2 Å². The monoisotopic (exact) mass is 460 g/mol. The maximum Gasteiger partial charge on any atom is 0.268 e. The summed E-state index contributed by atoms with van der Waals surface area (Å²) in [6, 6.07) is 26.1. The number of benzene rings is 3. The van der Waals surface area contributed by atoms with Gasteiger partial charge in [-0.25, -0.2) is 12.4 Å². The van der Waals surface area contributed by atoms with Crippen LogP contribution >= 0.6 is 0 Å². The molecule has 1 aromatic heterocycles. The van der Waals surface area contributed by atoms with Crippen LogP contribution in [0.4, 0.5) is 0 Å². The highest BCUT2D eigenvalue weighted by Gasteiger charge is 2.25. The van der Waals surface area contributed by atoms with Gasteiger partial charge >= 0.3 is 0 Å². The summed E-state index contributed by atoms with van der Waals surface area (Å²) in [7, 11) is -3.81. The summed E-state index contributed by atoms with van der Waals surface area (Å²) < 4.78 is 28.6. The Bertz CT molecular complexity index is 1360. The average Bonchev–Trinajstić information content (AvgIpc) is 3.18. The van der Waals surface area contributed by atoms with Crippen molar-refractivity contribution < 1.29 is 13.2 Å². The normalized spacial score (nSPS) is 12.5. The molecule has 0 radical (unpaired) electrons. The molecule has 4 aromatic rings. The molecule has 0 spiro atoms. The summed E-state index contributed by atoms with van der Waals surface area (Å²) in [6.45, 7) is 4.29. The Morgan fingerprint density at radius 1 is 0.939 bits per heavy atom. The first-order valence-corrected chi connectivity index (χ1v) is 12.5. The highest BCUT2D eigenvalue weighted by Crippen LogP contribution is 2.27. The molecule has 3 aromatic carbocycles. The molecule has 0 aliphatic rings. The molecule has 1 atom stereocenters. The van der Waals surface area contributed by atoms with Crippen LogP contribution in [0.5, 0.6) is 0 Å². The van der Waals surface area contributed by atoms with Gasteiger partial charge in [0.1, 0.15) is 0 Å². The maximum atomic E-state index is 13.6. The molecule has 170 valence electrons. The first-order valence-electron chi connectivity index (χ1n) is 11.1. The zero-order valence-electron chi connectivity index (χ0n) is 18.9. The number of carbonyl (C=O) groups excluding carboxylic acids is 1. The van der Waals surface area contributed by atoms with Gasteiger partial charge < -0.3 is 5.32 Å². The van der Waals surface area contributed by atoms with Gasteiger partial charge in [0.05, 0.1) is 10.4 Å². The van der Waals surface area contributed by atoms with Crippen LogP contribution in [0.3, 0.4) is 0 Å². The number of fused-ring (bicyclic) bond motifs is 1. The molecule has 1 amide bonds. The van der Waals surface area contributed by atoms with E-state index in [9.17, 15) is 13.2 Å². The van der Waals surface area contributed by atoms with E-state index < -0.39 is 10.0 Å². The van der Waals surface area contributed by atoms with E-state index in [1.807, 2.05) is 68.4 Å². The Labute approximate surface area is 195 Å². The van der Waals surface area contributed by atoms with Gasteiger partial charge in [0.25, 0.3) is 10.0 Å². The van der Waals surface area contributed by atoms with E-state index in [-0.39, 0.29) is 16.7 Å². The van der Waals surface area contributed by atoms with Crippen molar-refractivity contribution in [3.63, 3.8) is 0 Å². The number of para-hydroxylation sites is 1. The SMILES string of the molecule is Cc1ccc(S(=O)(=O)n2c(CC(C)C(=O)NCCc3ccccc3)cc3ccccc32)cc1. The van der Waals surface area contributed by atoms with E-state index in [0.29, 0.717) is 24.2 Å². The first-order chi connectivity index (χ1) is 15.9. The average molecular weight is 461 g/mol. The number of aryl methyl sites for hydroxylation is 1. The number of aromatic nitrogens is 1. The lowest BCUT2D eigenvalue weighted by molar-refractivity contribution is -0.124. The third kappa shape index (κ3) is 5.01. The molecule has 1 heterocycles. The van der Waals surface area contributed by atoms with Crippen LogP contribution in [0.15, 0.2) is 89.8 Å². The van der Waals surface area contributed by atoms with Gasteiger partial charge in [0.15, 0.2) is 0 Å². The van der Waals surface area contributed by atoms with Gasteiger partial charge in [0.2, 0.25) is 5.91 Å². The van der Waals surface area contributed by atoms with Crippen LogP contribution in [0.1, 0.15) is 23.7 Å². The first kappa shape index (κ1) is 22.8. The highest BCUT2D eigenvalue weighted by atomic mass is 32.2. The van der Waals surface area contributed by atoms with Crippen molar-refractivity contribution in [2.24, 2.45) is 5.92 Å². The molecule has 1 unspecified atom stereocenters. The van der Waals surface area contributed by atoms with Crippen LogP contribution < -0.4 is 5.32 Å². The zero-order chi connectivity index (χ0) is 23.4. The predicted molar refractivity (Wildman–Crippen MR) is 132 cm³/mol. The lowest BCUT2D eigenvalue weighted by Gasteiger charge is -2.16. The number of nitrogens with zero attached hydrogens (tertiary/aromatic N) is 1. The van der Waals surface area contributed by atoms with Crippen LogP contribution in [0.25, 0.3) is 10.9 Å². The Balaban J connectivity index is 1.57. The fourth-order valence-corrected chi connectivity index (χ4v) is 5.54. The van der Waals surface area contributed by atoms with Crippen molar-refractivity contribution in [2.75, 3.05) is 6.54 Å². The summed E-state index contributed by atoms with van der Waals surface area (Å²) in [6.07, 6.45) is 1.07. The van der Waals surface area contributed by atoms with Crippen LogP contribution in [0.2, 0.25) is 0 Å². The molecule has 0 saturated heterocycles. The van der Waals surface area contributed by atoms with Gasteiger partial charge in [-0.2, -0.15) is 0 Å². The molecule has 0 bridgehead atoms. The molecule has 0 aliphatic heterocycles. The number of rotatable bonds is 8. The van der Waals surface area contributed by atoms with Crippen LogP contribution in [-0.4, -0.2) is 24.8 Å². The Kier molecular flexibility index (Phi) is 6.65. The quantitative estimate of drug-likeness (QED) is 0.414. The number of nitrogens with one attached hydrogen (secondary N) is 1. The maximum absolute atomic E-state index is 13.6. The highest BCUT2D eigenvalue weighted by molar-refractivity contribution is 7.90. The van der Waals surface area contributed by atoms with E-state index in [1.54, 1.807) is 30.3 Å². The van der Waals surface area contributed by atoms with Crippen molar-refractivity contribution in [1.82, 2.24) is 9.29 Å². The number of amides is 1. The molecule has 6 heteroatoms.